The van der Waals surface area contributed by atoms with Crippen LogP contribution in [-0.2, 0) is 11.2 Å². The first-order chi connectivity index (χ1) is 9.78. The zero-order valence-electron chi connectivity index (χ0n) is 11.3. The summed E-state index contributed by atoms with van der Waals surface area (Å²) in [5.74, 6) is 0. The summed E-state index contributed by atoms with van der Waals surface area (Å²) < 4.78 is 4.86. The van der Waals surface area contributed by atoms with Crippen LogP contribution in [0.4, 0.5) is 9.93 Å². The van der Waals surface area contributed by atoms with Crippen LogP contribution in [0.5, 0.6) is 0 Å². The molecule has 0 bridgehead atoms. The van der Waals surface area contributed by atoms with E-state index in [2.05, 4.69) is 27.8 Å². The lowest BCUT2D eigenvalue weighted by Crippen LogP contribution is -2.31. The summed E-state index contributed by atoms with van der Waals surface area (Å²) in [6.45, 7) is 0.967. The highest BCUT2D eigenvalue weighted by molar-refractivity contribution is 7.13. The largest absolute Gasteiger partial charge is 0.383 e. The average molecular weight is 291 g/mol. The van der Waals surface area contributed by atoms with Crippen LogP contribution in [0.15, 0.2) is 35.7 Å². The van der Waals surface area contributed by atoms with Gasteiger partial charge in [0, 0.05) is 25.5 Å². The average Bonchev–Trinajstić information content (AvgIpc) is 2.87. The van der Waals surface area contributed by atoms with E-state index in [-0.39, 0.29) is 6.03 Å². The smallest absolute Gasteiger partial charge is 0.321 e. The minimum atomic E-state index is -0.261. The number of aromatic nitrogens is 1. The summed E-state index contributed by atoms with van der Waals surface area (Å²) in [4.78, 5) is 15.9. The molecule has 2 rings (SSSR count). The van der Waals surface area contributed by atoms with E-state index in [0.29, 0.717) is 18.3 Å². The highest BCUT2D eigenvalue weighted by atomic mass is 32.1. The highest BCUT2D eigenvalue weighted by Gasteiger charge is 2.06. The summed E-state index contributed by atoms with van der Waals surface area (Å²) in [7, 11) is 1.59. The van der Waals surface area contributed by atoms with Crippen LogP contribution < -0.4 is 10.6 Å². The number of anilines is 1. The molecule has 106 valence electrons. The summed E-state index contributed by atoms with van der Waals surface area (Å²) in [5.41, 5.74) is 2.15. The monoisotopic (exact) mass is 291 g/mol. The Hall–Kier alpha value is -1.92. The van der Waals surface area contributed by atoms with Gasteiger partial charge in [0.15, 0.2) is 5.13 Å². The number of urea groups is 1. The van der Waals surface area contributed by atoms with E-state index in [1.807, 2.05) is 23.6 Å². The molecule has 20 heavy (non-hydrogen) atoms. The van der Waals surface area contributed by atoms with Crippen molar-refractivity contribution in [2.45, 2.75) is 6.42 Å². The number of nitrogens with zero attached hydrogens (tertiary/aromatic N) is 1. The Morgan fingerprint density at radius 1 is 1.35 bits per heavy atom. The van der Waals surface area contributed by atoms with Crippen LogP contribution in [0.25, 0.3) is 0 Å². The van der Waals surface area contributed by atoms with Gasteiger partial charge in [-0.25, -0.2) is 9.78 Å². The van der Waals surface area contributed by atoms with Crippen molar-refractivity contribution >= 4 is 22.5 Å². The Morgan fingerprint density at radius 2 is 2.15 bits per heavy atom. The quantitative estimate of drug-likeness (QED) is 0.804. The molecule has 2 aromatic rings. The maximum absolute atomic E-state index is 11.5. The molecule has 2 N–H and O–H groups in total. The molecule has 0 saturated heterocycles. The molecule has 5 nitrogen and oxygen atoms in total. The van der Waals surface area contributed by atoms with Gasteiger partial charge in [-0.3, -0.25) is 5.32 Å². The molecule has 0 aliphatic heterocycles. The van der Waals surface area contributed by atoms with Gasteiger partial charge < -0.3 is 10.1 Å². The van der Waals surface area contributed by atoms with Gasteiger partial charge in [-0.05, 0) is 5.56 Å². The van der Waals surface area contributed by atoms with Crippen LogP contribution >= 0.6 is 11.3 Å². The fraction of sp³-hybridized carbons (Fsp3) is 0.286. The van der Waals surface area contributed by atoms with Crippen molar-refractivity contribution in [3.8, 4) is 0 Å². The lowest BCUT2D eigenvalue weighted by molar-refractivity contribution is 0.198. The second-order valence-corrected chi connectivity index (χ2v) is 5.04. The molecular weight excluding hydrogens is 274 g/mol. The van der Waals surface area contributed by atoms with Crippen molar-refractivity contribution in [3.63, 3.8) is 0 Å². The van der Waals surface area contributed by atoms with Gasteiger partial charge in [-0.1, -0.05) is 30.3 Å². The van der Waals surface area contributed by atoms with Gasteiger partial charge in [0.25, 0.3) is 0 Å². The number of methoxy groups -OCH3 is 1. The Morgan fingerprint density at radius 3 is 2.90 bits per heavy atom. The number of hydrogen-bond acceptors (Lipinski definition) is 4. The molecule has 0 saturated carbocycles. The first-order valence-corrected chi connectivity index (χ1v) is 7.18. The molecule has 0 atom stereocenters. The van der Waals surface area contributed by atoms with Crippen LogP contribution in [0.1, 0.15) is 11.3 Å². The molecule has 1 heterocycles. The van der Waals surface area contributed by atoms with Crippen molar-refractivity contribution in [3.05, 3.63) is 47.0 Å². The van der Waals surface area contributed by atoms with E-state index in [0.717, 1.165) is 12.1 Å². The third-order valence-electron chi connectivity index (χ3n) is 2.59. The predicted octanol–water partition coefficient (Wildman–Crippen LogP) is 2.50. The minimum absolute atomic E-state index is 0.261. The molecule has 0 unspecified atom stereocenters. The maximum Gasteiger partial charge on any atom is 0.321 e. The third-order valence-corrected chi connectivity index (χ3v) is 3.40. The third kappa shape index (κ3) is 4.64. The number of nitrogens with one attached hydrogen (secondary N) is 2. The summed E-state index contributed by atoms with van der Waals surface area (Å²) in [6, 6.07) is 9.85. The topological polar surface area (TPSA) is 63.2 Å². The van der Waals surface area contributed by atoms with Crippen molar-refractivity contribution in [2.24, 2.45) is 0 Å². The Kier molecular flexibility index (Phi) is 5.52. The van der Waals surface area contributed by atoms with Crippen LogP contribution in [-0.4, -0.2) is 31.3 Å². The maximum atomic E-state index is 11.5. The lowest BCUT2D eigenvalue weighted by atomic mass is 10.1. The molecule has 1 aromatic carbocycles. The number of carbonyl (C=O) groups is 1. The molecule has 0 aliphatic carbocycles. The Balaban J connectivity index is 1.84. The van der Waals surface area contributed by atoms with E-state index in [1.165, 1.54) is 16.9 Å². The van der Waals surface area contributed by atoms with Crippen molar-refractivity contribution < 1.29 is 9.53 Å². The summed E-state index contributed by atoms with van der Waals surface area (Å²) in [5, 5.41) is 7.95. The molecule has 0 spiro atoms. The fourth-order valence-electron chi connectivity index (χ4n) is 1.66. The standard InChI is InChI=1S/C14H17N3O2S/c1-19-8-7-15-13(18)17-14-16-12(10-20-14)9-11-5-3-2-4-6-11/h2-6,10H,7-9H2,1H3,(H2,15,16,17,18). The van der Waals surface area contributed by atoms with Crippen molar-refractivity contribution in [1.82, 2.24) is 10.3 Å². The van der Waals surface area contributed by atoms with Crippen LogP contribution in [0.3, 0.4) is 0 Å². The van der Waals surface area contributed by atoms with Crippen LogP contribution in [0.2, 0.25) is 0 Å². The molecule has 6 heteroatoms. The van der Waals surface area contributed by atoms with E-state index in [9.17, 15) is 4.79 Å². The van der Waals surface area contributed by atoms with Gasteiger partial charge in [0.1, 0.15) is 0 Å². The number of thiazole rings is 1. The second kappa shape index (κ2) is 7.62. The van der Waals surface area contributed by atoms with Gasteiger partial charge in [0.2, 0.25) is 0 Å². The molecule has 0 aliphatic rings. The SMILES string of the molecule is COCCNC(=O)Nc1nc(Cc2ccccc2)cs1. The van der Waals surface area contributed by atoms with Crippen molar-refractivity contribution in [1.29, 1.82) is 0 Å². The molecular formula is C14H17N3O2S. The van der Waals surface area contributed by atoms with E-state index in [1.54, 1.807) is 7.11 Å². The second-order valence-electron chi connectivity index (χ2n) is 4.18. The van der Waals surface area contributed by atoms with Crippen molar-refractivity contribution in [2.75, 3.05) is 25.6 Å². The number of amides is 2. The van der Waals surface area contributed by atoms with E-state index in [4.69, 9.17) is 4.74 Å². The van der Waals surface area contributed by atoms with Gasteiger partial charge in [0.05, 0.1) is 12.3 Å². The number of benzene rings is 1. The Bertz CT molecular complexity index is 542. The normalized spacial score (nSPS) is 10.2. The van der Waals surface area contributed by atoms with Gasteiger partial charge in [-0.15, -0.1) is 11.3 Å². The number of carbonyl (C=O) groups excluding carboxylic acids is 1. The Labute approximate surface area is 122 Å². The number of ether oxygens (including phenoxy) is 1. The van der Waals surface area contributed by atoms with E-state index < -0.39 is 0 Å². The molecule has 0 radical (unpaired) electrons. The fourth-order valence-corrected chi connectivity index (χ4v) is 2.36. The first kappa shape index (κ1) is 14.5. The van der Waals surface area contributed by atoms with Gasteiger partial charge in [-0.2, -0.15) is 0 Å². The zero-order chi connectivity index (χ0) is 14.2. The minimum Gasteiger partial charge on any atom is -0.383 e. The molecule has 1 aromatic heterocycles. The highest BCUT2D eigenvalue weighted by Crippen LogP contribution is 2.17. The summed E-state index contributed by atoms with van der Waals surface area (Å²) >= 11 is 1.42. The van der Waals surface area contributed by atoms with Gasteiger partial charge >= 0.3 is 6.03 Å². The lowest BCUT2D eigenvalue weighted by Gasteiger charge is -2.04. The van der Waals surface area contributed by atoms with E-state index >= 15 is 0 Å². The number of hydrogen-bond donors (Lipinski definition) is 2. The zero-order valence-corrected chi connectivity index (χ0v) is 12.1. The molecule has 0 fully saturated rings. The molecule has 2 amide bonds. The summed E-state index contributed by atoms with van der Waals surface area (Å²) in [6.07, 6.45) is 0.768. The van der Waals surface area contributed by atoms with Crippen LogP contribution in [0, 0.1) is 0 Å². The predicted molar refractivity (Wildman–Crippen MR) is 80.3 cm³/mol. The first-order valence-electron chi connectivity index (χ1n) is 6.30. The number of rotatable bonds is 6.